The van der Waals surface area contributed by atoms with E-state index in [4.69, 9.17) is 0 Å². The van der Waals surface area contributed by atoms with Crippen LogP contribution in [0.15, 0.2) is 36.0 Å². The minimum absolute atomic E-state index is 0.115. The number of hydrogen-bond donors (Lipinski definition) is 0. The van der Waals surface area contributed by atoms with E-state index in [9.17, 15) is 4.79 Å². The second-order valence-electron chi connectivity index (χ2n) is 7.34. The van der Waals surface area contributed by atoms with Gasteiger partial charge in [-0.05, 0) is 37.4 Å². The Morgan fingerprint density at radius 1 is 1.36 bits per heavy atom. The molecule has 0 aromatic heterocycles. The average Bonchev–Trinajstić information content (AvgIpc) is 3.24. The summed E-state index contributed by atoms with van der Waals surface area (Å²) in [6.07, 6.45) is 4.50. The number of rotatable bonds is 5. The van der Waals surface area contributed by atoms with Gasteiger partial charge in [-0.1, -0.05) is 32.0 Å². The van der Waals surface area contributed by atoms with Gasteiger partial charge in [0.15, 0.2) is 5.78 Å². The largest absolute Gasteiger partial charge is 0.347 e. The number of ketones is 1. The van der Waals surface area contributed by atoms with Crippen molar-refractivity contribution in [3.05, 3.63) is 41.6 Å². The van der Waals surface area contributed by atoms with E-state index in [1.807, 2.05) is 13.1 Å². The van der Waals surface area contributed by atoms with Crippen molar-refractivity contribution < 1.29 is 4.79 Å². The number of nitrogens with zero attached hydrogens (tertiary/aromatic N) is 2. The molecular formula is C19H26N2O. The Morgan fingerprint density at radius 3 is 2.68 bits per heavy atom. The molecule has 0 unspecified atom stereocenters. The van der Waals surface area contributed by atoms with Crippen molar-refractivity contribution in [2.45, 2.75) is 32.1 Å². The fraction of sp³-hybridized carbons (Fsp3) is 0.526. The number of carbonyl (C=O) groups excluding carboxylic acids is 1. The molecule has 3 heteroatoms. The highest BCUT2D eigenvalue weighted by molar-refractivity contribution is 5.94. The number of para-hydroxylation sites is 1. The van der Waals surface area contributed by atoms with Crippen molar-refractivity contribution in [1.29, 1.82) is 0 Å². The molecular weight excluding hydrogens is 272 g/mol. The van der Waals surface area contributed by atoms with E-state index in [1.54, 1.807) is 0 Å². The molecule has 0 bridgehead atoms. The van der Waals surface area contributed by atoms with Crippen LogP contribution in [0, 0.1) is 5.92 Å². The number of likely N-dealkylation sites (N-methyl/N-ethyl adjacent to an activating group) is 2. The molecule has 3 nitrogen and oxygen atoms in total. The van der Waals surface area contributed by atoms with Crippen LogP contribution in [-0.2, 0) is 10.2 Å². The highest BCUT2D eigenvalue weighted by atomic mass is 16.1. The van der Waals surface area contributed by atoms with Crippen LogP contribution in [-0.4, -0.2) is 37.9 Å². The molecule has 1 saturated carbocycles. The molecule has 1 aromatic rings. The van der Waals surface area contributed by atoms with Gasteiger partial charge in [-0.2, -0.15) is 0 Å². The summed E-state index contributed by atoms with van der Waals surface area (Å²) in [7, 11) is 4.10. The van der Waals surface area contributed by atoms with Crippen LogP contribution in [0.2, 0.25) is 0 Å². The third-order valence-electron chi connectivity index (χ3n) is 4.93. The van der Waals surface area contributed by atoms with Gasteiger partial charge in [-0.25, -0.2) is 0 Å². The van der Waals surface area contributed by atoms with Gasteiger partial charge in [0.05, 0.1) is 6.54 Å². The first-order valence-electron chi connectivity index (χ1n) is 8.16. The lowest BCUT2D eigenvalue weighted by Crippen LogP contribution is -2.29. The summed E-state index contributed by atoms with van der Waals surface area (Å²) in [4.78, 5) is 16.8. The third-order valence-corrected chi connectivity index (χ3v) is 4.93. The van der Waals surface area contributed by atoms with E-state index < -0.39 is 0 Å². The predicted molar refractivity (Wildman–Crippen MR) is 91.2 cm³/mol. The monoisotopic (exact) mass is 298 g/mol. The molecule has 1 aromatic carbocycles. The Hall–Kier alpha value is -1.61. The maximum Gasteiger partial charge on any atom is 0.171 e. The topological polar surface area (TPSA) is 23.6 Å². The van der Waals surface area contributed by atoms with Gasteiger partial charge < -0.3 is 4.90 Å². The Labute approximate surface area is 133 Å². The standard InChI is InChI=1S/C19H26N2O/c1-19(2)16-7-5-6-8-17(16)21(4)18(19)11-15(22)13-20(3)12-14-9-10-14/h5-8,11,14H,9-10,12-13H2,1-4H3/b18-11+. The van der Waals surface area contributed by atoms with Gasteiger partial charge in [0.2, 0.25) is 0 Å². The summed E-state index contributed by atoms with van der Waals surface area (Å²) in [6.45, 7) is 5.96. The first-order valence-corrected chi connectivity index (χ1v) is 8.16. The van der Waals surface area contributed by atoms with Crippen molar-refractivity contribution >= 4 is 11.5 Å². The Morgan fingerprint density at radius 2 is 2.05 bits per heavy atom. The molecule has 1 aliphatic heterocycles. The van der Waals surface area contributed by atoms with Gasteiger partial charge in [-0.3, -0.25) is 9.69 Å². The van der Waals surface area contributed by atoms with Crippen LogP contribution in [0.1, 0.15) is 32.3 Å². The highest BCUT2D eigenvalue weighted by Crippen LogP contribution is 2.46. The minimum atomic E-state index is -0.115. The van der Waals surface area contributed by atoms with E-state index in [-0.39, 0.29) is 11.2 Å². The molecule has 1 aliphatic carbocycles. The van der Waals surface area contributed by atoms with Crippen LogP contribution in [0.3, 0.4) is 0 Å². The first kappa shape index (κ1) is 15.3. The molecule has 2 aliphatic rings. The molecule has 0 amide bonds. The zero-order chi connectivity index (χ0) is 15.9. The predicted octanol–water partition coefficient (Wildman–Crippen LogP) is 3.21. The zero-order valence-corrected chi connectivity index (χ0v) is 14.1. The lowest BCUT2D eigenvalue weighted by Gasteiger charge is -2.24. The molecule has 0 radical (unpaired) electrons. The summed E-state index contributed by atoms with van der Waals surface area (Å²) in [6, 6.07) is 8.42. The number of hydrogen-bond acceptors (Lipinski definition) is 3. The molecule has 1 heterocycles. The molecule has 3 rings (SSSR count). The first-order chi connectivity index (χ1) is 10.4. The molecule has 0 N–H and O–H groups in total. The molecule has 22 heavy (non-hydrogen) atoms. The second kappa shape index (κ2) is 5.54. The van der Waals surface area contributed by atoms with Crippen LogP contribution in [0.5, 0.6) is 0 Å². The van der Waals surface area contributed by atoms with Crippen LogP contribution < -0.4 is 4.90 Å². The third kappa shape index (κ3) is 2.82. The van der Waals surface area contributed by atoms with Gasteiger partial charge in [0.1, 0.15) is 0 Å². The number of allylic oxidation sites excluding steroid dienone is 1. The number of carbonyl (C=O) groups is 1. The van der Waals surface area contributed by atoms with Crippen LogP contribution in [0.4, 0.5) is 5.69 Å². The van der Waals surface area contributed by atoms with Crippen molar-refractivity contribution in [3.8, 4) is 0 Å². The van der Waals surface area contributed by atoms with Crippen molar-refractivity contribution in [1.82, 2.24) is 4.90 Å². The molecule has 1 fully saturated rings. The van der Waals surface area contributed by atoms with E-state index in [1.165, 1.54) is 24.1 Å². The van der Waals surface area contributed by atoms with Crippen molar-refractivity contribution in [3.63, 3.8) is 0 Å². The maximum absolute atomic E-state index is 12.5. The maximum atomic E-state index is 12.5. The number of benzene rings is 1. The normalized spacial score (nSPS) is 21.5. The van der Waals surface area contributed by atoms with E-state index >= 15 is 0 Å². The Kier molecular flexibility index (Phi) is 3.85. The summed E-state index contributed by atoms with van der Waals surface area (Å²) in [5.74, 6) is 1.02. The van der Waals surface area contributed by atoms with Gasteiger partial charge >= 0.3 is 0 Å². The minimum Gasteiger partial charge on any atom is -0.347 e. The Bertz CT molecular complexity index is 614. The average molecular weight is 298 g/mol. The van der Waals surface area contributed by atoms with Crippen molar-refractivity contribution in [2.24, 2.45) is 5.92 Å². The van der Waals surface area contributed by atoms with Crippen LogP contribution >= 0.6 is 0 Å². The van der Waals surface area contributed by atoms with Crippen molar-refractivity contribution in [2.75, 3.05) is 32.1 Å². The Balaban J connectivity index is 1.77. The smallest absolute Gasteiger partial charge is 0.171 e. The zero-order valence-electron chi connectivity index (χ0n) is 14.1. The summed E-state index contributed by atoms with van der Waals surface area (Å²) < 4.78 is 0. The highest BCUT2D eigenvalue weighted by Gasteiger charge is 2.38. The summed E-state index contributed by atoms with van der Waals surface area (Å²) in [5.41, 5.74) is 3.48. The lowest BCUT2D eigenvalue weighted by atomic mass is 9.83. The molecule has 0 saturated heterocycles. The number of anilines is 1. The molecule has 118 valence electrons. The van der Waals surface area contributed by atoms with Crippen LogP contribution in [0.25, 0.3) is 0 Å². The quantitative estimate of drug-likeness (QED) is 0.780. The molecule has 0 spiro atoms. The fourth-order valence-corrected chi connectivity index (χ4v) is 3.53. The van der Waals surface area contributed by atoms with E-state index in [2.05, 4.69) is 55.0 Å². The van der Waals surface area contributed by atoms with Gasteiger partial charge in [0.25, 0.3) is 0 Å². The SMILES string of the molecule is CN(CC(=O)/C=C1/N(C)c2ccccc2C1(C)C)CC1CC1. The van der Waals surface area contributed by atoms with E-state index in [0.717, 1.165) is 18.2 Å². The summed E-state index contributed by atoms with van der Waals surface area (Å²) >= 11 is 0. The van der Waals surface area contributed by atoms with E-state index in [0.29, 0.717) is 6.54 Å². The van der Waals surface area contributed by atoms with Gasteiger partial charge in [-0.15, -0.1) is 0 Å². The fourth-order valence-electron chi connectivity index (χ4n) is 3.53. The molecule has 0 atom stereocenters. The number of fused-ring (bicyclic) bond motifs is 1. The summed E-state index contributed by atoms with van der Waals surface area (Å²) in [5, 5.41) is 0. The lowest BCUT2D eigenvalue weighted by molar-refractivity contribution is -0.115. The second-order valence-corrected chi connectivity index (χ2v) is 7.34. The van der Waals surface area contributed by atoms with Gasteiger partial charge in [0, 0.05) is 36.5 Å².